The molecule has 1 N–H and O–H groups in total. The second-order valence-electron chi connectivity index (χ2n) is 5.22. The SMILES string of the molecule is CC1CN(C(=O)c2cc3c(F)cccc3s2)CC(CO)O1. The van der Waals surface area contributed by atoms with Gasteiger partial charge in [0, 0.05) is 23.2 Å². The number of carbonyl (C=O) groups excluding carboxylic acids is 1. The Bertz CT molecular complexity index is 672. The normalized spacial score (nSPS) is 22.7. The number of hydrogen-bond acceptors (Lipinski definition) is 4. The first-order valence-electron chi connectivity index (χ1n) is 6.82. The van der Waals surface area contributed by atoms with Crippen molar-refractivity contribution in [2.75, 3.05) is 19.7 Å². The average molecular weight is 309 g/mol. The fourth-order valence-corrected chi connectivity index (χ4v) is 3.64. The van der Waals surface area contributed by atoms with Gasteiger partial charge in [-0.05, 0) is 25.1 Å². The summed E-state index contributed by atoms with van der Waals surface area (Å²) in [5, 5.41) is 9.70. The van der Waals surface area contributed by atoms with E-state index in [1.54, 1.807) is 23.1 Å². The number of hydrogen-bond donors (Lipinski definition) is 1. The van der Waals surface area contributed by atoms with Crippen LogP contribution in [0.2, 0.25) is 0 Å². The molecule has 2 unspecified atom stereocenters. The Morgan fingerprint density at radius 1 is 1.52 bits per heavy atom. The van der Waals surface area contributed by atoms with Gasteiger partial charge in [-0.2, -0.15) is 0 Å². The molecule has 1 aromatic heterocycles. The predicted molar refractivity (Wildman–Crippen MR) is 79.1 cm³/mol. The van der Waals surface area contributed by atoms with Crippen LogP contribution < -0.4 is 0 Å². The molecule has 0 saturated carbocycles. The van der Waals surface area contributed by atoms with Gasteiger partial charge >= 0.3 is 0 Å². The highest BCUT2D eigenvalue weighted by Crippen LogP contribution is 2.29. The lowest BCUT2D eigenvalue weighted by atomic mass is 10.2. The first-order valence-corrected chi connectivity index (χ1v) is 7.64. The fourth-order valence-electron chi connectivity index (χ4n) is 2.60. The Hall–Kier alpha value is -1.50. The number of carbonyl (C=O) groups is 1. The molecule has 112 valence electrons. The Morgan fingerprint density at radius 2 is 2.33 bits per heavy atom. The molecule has 1 aliphatic heterocycles. The number of thiophene rings is 1. The average Bonchev–Trinajstić information content (AvgIpc) is 2.91. The van der Waals surface area contributed by atoms with Crippen LogP contribution in [0.15, 0.2) is 24.3 Å². The number of rotatable bonds is 2. The summed E-state index contributed by atoms with van der Waals surface area (Å²) >= 11 is 1.29. The van der Waals surface area contributed by atoms with E-state index in [-0.39, 0.29) is 30.5 Å². The molecule has 3 rings (SSSR count). The number of ether oxygens (including phenoxy) is 1. The standard InChI is InChI=1S/C15H16FNO3S/c1-9-6-17(7-10(8-18)20-9)15(19)14-5-11-12(16)3-2-4-13(11)21-14/h2-5,9-10,18H,6-8H2,1H3. The molecular weight excluding hydrogens is 293 g/mol. The summed E-state index contributed by atoms with van der Waals surface area (Å²) in [5.41, 5.74) is 0. The van der Waals surface area contributed by atoms with Gasteiger partial charge in [-0.1, -0.05) is 6.07 Å². The van der Waals surface area contributed by atoms with Gasteiger partial charge in [0.05, 0.1) is 23.7 Å². The highest BCUT2D eigenvalue weighted by Gasteiger charge is 2.29. The minimum absolute atomic E-state index is 0.116. The summed E-state index contributed by atoms with van der Waals surface area (Å²) in [5.74, 6) is -0.449. The second-order valence-corrected chi connectivity index (χ2v) is 6.31. The van der Waals surface area contributed by atoms with Gasteiger partial charge in [0.2, 0.25) is 0 Å². The second kappa shape index (κ2) is 5.71. The van der Waals surface area contributed by atoms with E-state index in [9.17, 15) is 14.3 Å². The molecule has 2 atom stereocenters. The summed E-state index contributed by atoms with van der Waals surface area (Å²) in [6.45, 7) is 2.59. The van der Waals surface area contributed by atoms with Crippen molar-refractivity contribution >= 4 is 27.3 Å². The lowest BCUT2D eigenvalue weighted by Crippen LogP contribution is -2.50. The van der Waals surface area contributed by atoms with Crippen molar-refractivity contribution in [2.45, 2.75) is 19.1 Å². The van der Waals surface area contributed by atoms with E-state index >= 15 is 0 Å². The number of aliphatic hydroxyl groups is 1. The summed E-state index contributed by atoms with van der Waals surface area (Å²) in [6, 6.07) is 6.44. The highest BCUT2D eigenvalue weighted by molar-refractivity contribution is 7.20. The lowest BCUT2D eigenvalue weighted by Gasteiger charge is -2.35. The van der Waals surface area contributed by atoms with E-state index in [4.69, 9.17) is 4.74 Å². The fraction of sp³-hybridized carbons (Fsp3) is 0.400. The van der Waals surface area contributed by atoms with Gasteiger partial charge < -0.3 is 14.7 Å². The molecule has 1 aromatic carbocycles. The van der Waals surface area contributed by atoms with E-state index in [2.05, 4.69) is 0 Å². The molecule has 6 heteroatoms. The Kier molecular flexibility index (Phi) is 3.93. The van der Waals surface area contributed by atoms with Crippen LogP contribution in [0.1, 0.15) is 16.6 Å². The number of morpholine rings is 1. The molecule has 0 aliphatic carbocycles. The van der Waals surface area contributed by atoms with Crippen molar-refractivity contribution in [1.82, 2.24) is 4.90 Å². The number of benzene rings is 1. The summed E-state index contributed by atoms with van der Waals surface area (Å²) < 4.78 is 20.0. The van der Waals surface area contributed by atoms with Crippen LogP contribution in [0.4, 0.5) is 4.39 Å². The minimum atomic E-state index is -0.358. The maximum Gasteiger partial charge on any atom is 0.264 e. The van der Waals surface area contributed by atoms with Crippen LogP contribution in [0, 0.1) is 5.82 Å². The molecule has 21 heavy (non-hydrogen) atoms. The van der Waals surface area contributed by atoms with Gasteiger partial charge in [-0.15, -0.1) is 11.3 Å². The Labute approximate surface area is 125 Å². The van der Waals surface area contributed by atoms with E-state index in [0.717, 1.165) is 4.70 Å². The van der Waals surface area contributed by atoms with Crippen molar-refractivity contribution in [2.24, 2.45) is 0 Å². The molecule has 1 saturated heterocycles. The topological polar surface area (TPSA) is 49.8 Å². The molecule has 1 amide bonds. The van der Waals surface area contributed by atoms with Crippen molar-refractivity contribution in [3.63, 3.8) is 0 Å². The van der Waals surface area contributed by atoms with Crippen LogP contribution in [-0.2, 0) is 4.74 Å². The third kappa shape index (κ3) is 2.79. The van der Waals surface area contributed by atoms with Gasteiger partial charge in [0.25, 0.3) is 5.91 Å². The van der Waals surface area contributed by atoms with E-state index < -0.39 is 0 Å². The molecular formula is C15H16FNO3S. The molecule has 0 radical (unpaired) electrons. The first kappa shape index (κ1) is 14.4. The summed E-state index contributed by atoms with van der Waals surface area (Å²) in [6.07, 6.45) is -0.477. The molecule has 0 bridgehead atoms. The summed E-state index contributed by atoms with van der Waals surface area (Å²) in [4.78, 5) is 14.7. The zero-order chi connectivity index (χ0) is 15.0. The zero-order valence-corrected chi connectivity index (χ0v) is 12.4. The van der Waals surface area contributed by atoms with E-state index in [1.165, 1.54) is 17.4 Å². The number of aliphatic hydroxyl groups excluding tert-OH is 1. The summed E-state index contributed by atoms with van der Waals surface area (Å²) in [7, 11) is 0. The quantitative estimate of drug-likeness (QED) is 0.926. The highest BCUT2D eigenvalue weighted by atomic mass is 32.1. The molecule has 2 aromatic rings. The number of amides is 1. The van der Waals surface area contributed by atoms with Gasteiger partial charge in [0.15, 0.2) is 0 Å². The molecule has 0 spiro atoms. The van der Waals surface area contributed by atoms with Gasteiger partial charge in [0.1, 0.15) is 5.82 Å². The van der Waals surface area contributed by atoms with Crippen LogP contribution in [0.5, 0.6) is 0 Å². The van der Waals surface area contributed by atoms with E-state index in [1.807, 2.05) is 6.92 Å². The molecule has 4 nitrogen and oxygen atoms in total. The largest absolute Gasteiger partial charge is 0.394 e. The van der Waals surface area contributed by atoms with Crippen LogP contribution in [-0.4, -0.2) is 47.8 Å². The van der Waals surface area contributed by atoms with Crippen molar-refractivity contribution in [3.8, 4) is 0 Å². The van der Waals surface area contributed by atoms with Gasteiger partial charge in [-0.25, -0.2) is 4.39 Å². The third-order valence-corrected chi connectivity index (χ3v) is 4.62. The van der Waals surface area contributed by atoms with Crippen LogP contribution in [0.3, 0.4) is 0 Å². The number of nitrogens with zero attached hydrogens (tertiary/aromatic N) is 1. The molecule has 1 aliphatic rings. The Morgan fingerprint density at radius 3 is 3.05 bits per heavy atom. The third-order valence-electron chi connectivity index (χ3n) is 3.54. The Balaban J connectivity index is 1.87. The number of fused-ring (bicyclic) bond motifs is 1. The lowest BCUT2D eigenvalue weighted by molar-refractivity contribution is -0.0857. The number of halogens is 1. The van der Waals surface area contributed by atoms with Crippen molar-refractivity contribution < 1.29 is 19.0 Å². The van der Waals surface area contributed by atoms with Crippen LogP contribution >= 0.6 is 11.3 Å². The minimum Gasteiger partial charge on any atom is -0.394 e. The maximum atomic E-state index is 13.7. The monoisotopic (exact) mass is 309 g/mol. The predicted octanol–water partition coefficient (Wildman–Crippen LogP) is 2.26. The van der Waals surface area contributed by atoms with Crippen molar-refractivity contribution in [1.29, 1.82) is 0 Å². The first-order chi connectivity index (χ1) is 10.1. The molecule has 2 heterocycles. The van der Waals surface area contributed by atoms with E-state index in [0.29, 0.717) is 23.4 Å². The van der Waals surface area contributed by atoms with Gasteiger partial charge in [-0.3, -0.25) is 4.79 Å². The van der Waals surface area contributed by atoms with Crippen LogP contribution in [0.25, 0.3) is 10.1 Å². The maximum absolute atomic E-state index is 13.7. The van der Waals surface area contributed by atoms with Crippen molar-refractivity contribution in [3.05, 3.63) is 35.0 Å². The molecule has 1 fully saturated rings. The smallest absolute Gasteiger partial charge is 0.264 e. The zero-order valence-electron chi connectivity index (χ0n) is 11.6.